The second kappa shape index (κ2) is 3.68. The van der Waals surface area contributed by atoms with E-state index in [2.05, 4.69) is 0 Å². The molecule has 5 heteroatoms. The van der Waals surface area contributed by atoms with Crippen molar-refractivity contribution in [3.8, 4) is 0 Å². The molecular weight excluding hydrogens is 196 g/mol. The molecule has 0 aliphatic carbocycles. The molecule has 0 N–H and O–H groups in total. The number of carbonyl (C=O) groups is 1. The van der Waals surface area contributed by atoms with Crippen LogP contribution in [0.1, 0.15) is 6.42 Å². The Hall–Kier alpha value is -1.91. The summed E-state index contributed by atoms with van der Waals surface area (Å²) in [6.45, 7) is 1.12. The van der Waals surface area contributed by atoms with Crippen LogP contribution in [0.5, 0.6) is 0 Å². The van der Waals surface area contributed by atoms with Gasteiger partial charge in [-0.3, -0.25) is 14.9 Å². The first-order chi connectivity index (χ1) is 7.16. The Labute approximate surface area is 86.5 Å². The lowest BCUT2D eigenvalue weighted by Crippen LogP contribution is -2.19. The van der Waals surface area contributed by atoms with Crippen LogP contribution in [-0.4, -0.2) is 23.8 Å². The predicted molar refractivity (Wildman–Crippen MR) is 54.9 cm³/mol. The zero-order chi connectivity index (χ0) is 10.8. The Morgan fingerprint density at radius 3 is 2.40 bits per heavy atom. The number of nitro benzene ring substituents is 1. The fourth-order valence-corrected chi connectivity index (χ4v) is 1.64. The lowest BCUT2D eigenvalue weighted by molar-refractivity contribution is -0.384. The van der Waals surface area contributed by atoms with E-state index in [1.165, 1.54) is 12.1 Å². The minimum atomic E-state index is -0.432. The number of carbonyl (C=O) groups excluding carboxylic acids is 1. The van der Waals surface area contributed by atoms with E-state index < -0.39 is 4.92 Å². The van der Waals surface area contributed by atoms with Gasteiger partial charge in [-0.25, -0.2) is 0 Å². The largest absolute Gasteiger partial charge is 0.364 e. The molecule has 15 heavy (non-hydrogen) atoms. The van der Waals surface area contributed by atoms with Crippen molar-refractivity contribution in [1.29, 1.82) is 0 Å². The van der Waals surface area contributed by atoms with Crippen LogP contribution >= 0.6 is 0 Å². The molecule has 78 valence electrons. The highest BCUT2D eigenvalue weighted by atomic mass is 16.6. The summed E-state index contributed by atoms with van der Waals surface area (Å²) >= 11 is 0. The summed E-state index contributed by atoms with van der Waals surface area (Å²) in [5.74, 6) is 0.216. The number of nitrogens with zero attached hydrogens (tertiary/aromatic N) is 2. The Bertz CT molecular complexity index is 400. The smallest absolute Gasteiger partial charge is 0.269 e. The number of hydrogen-bond acceptors (Lipinski definition) is 4. The average molecular weight is 206 g/mol. The summed E-state index contributed by atoms with van der Waals surface area (Å²) in [7, 11) is 0. The van der Waals surface area contributed by atoms with Gasteiger partial charge in [0.15, 0.2) is 5.78 Å². The quantitative estimate of drug-likeness (QED) is 0.541. The number of nitro groups is 1. The van der Waals surface area contributed by atoms with Crippen molar-refractivity contribution < 1.29 is 9.72 Å². The van der Waals surface area contributed by atoms with Gasteiger partial charge < -0.3 is 4.90 Å². The van der Waals surface area contributed by atoms with Crippen LogP contribution in [0.15, 0.2) is 24.3 Å². The predicted octanol–water partition coefficient (Wildman–Crippen LogP) is 1.37. The van der Waals surface area contributed by atoms with E-state index in [4.69, 9.17) is 0 Å². The second-order valence-electron chi connectivity index (χ2n) is 3.48. The highest BCUT2D eigenvalue weighted by Gasteiger charge is 2.19. The zero-order valence-corrected chi connectivity index (χ0v) is 8.05. The molecule has 1 aliphatic rings. The molecule has 0 saturated carbocycles. The van der Waals surface area contributed by atoms with Crippen LogP contribution in [0.2, 0.25) is 0 Å². The number of Topliss-reactive ketones (excluding diaryl/α,β-unsaturated/α-hetero) is 1. The SMILES string of the molecule is O=C1CCN(c2ccc([N+](=O)[O-])cc2)C1. The van der Waals surface area contributed by atoms with E-state index in [0.29, 0.717) is 19.5 Å². The van der Waals surface area contributed by atoms with Crippen LogP contribution in [0.25, 0.3) is 0 Å². The lowest BCUT2D eigenvalue weighted by atomic mass is 10.2. The molecule has 0 unspecified atom stereocenters. The van der Waals surface area contributed by atoms with Gasteiger partial charge in [0.1, 0.15) is 0 Å². The second-order valence-corrected chi connectivity index (χ2v) is 3.48. The molecule has 1 heterocycles. The number of non-ortho nitro benzene ring substituents is 1. The maximum Gasteiger partial charge on any atom is 0.269 e. The molecule has 1 aliphatic heterocycles. The molecule has 1 fully saturated rings. The molecule has 1 aromatic carbocycles. The molecule has 5 nitrogen and oxygen atoms in total. The van der Waals surface area contributed by atoms with Crippen molar-refractivity contribution in [3.63, 3.8) is 0 Å². The van der Waals surface area contributed by atoms with E-state index in [1.54, 1.807) is 12.1 Å². The fourth-order valence-electron chi connectivity index (χ4n) is 1.64. The normalized spacial score (nSPS) is 15.7. The number of rotatable bonds is 2. The molecular formula is C10H10N2O3. The van der Waals surface area contributed by atoms with Crippen molar-refractivity contribution in [2.24, 2.45) is 0 Å². The van der Waals surface area contributed by atoms with E-state index in [1.807, 2.05) is 4.90 Å². The third-order valence-corrected chi connectivity index (χ3v) is 2.45. The standard InChI is InChI=1S/C10H10N2O3/c13-10-5-6-11(7-10)8-1-3-9(4-2-8)12(14)15/h1-4H,5-7H2. The Morgan fingerprint density at radius 1 is 1.27 bits per heavy atom. The monoisotopic (exact) mass is 206 g/mol. The molecule has 0 radical (unpaired) electrons. The summed E-state index contributed by atoms with van der Waals surface area (Å²) in [5.41, 5.74) is 0.940. The number of ketones is 1. The minimum absolute atomic E-state index is 0.0734. The molecule has 0 spiro atoms. The van der Waals surface area contributed by atoms with E-state index in [0.717, 1.165) is 5.69 Å². The topological polar surface area (TPSA) is 63.5 Å². The van der Waals surface area contributed by atoms with Crippen molar-refractivity contribution in [2.45, 2.75) is 6.42 Å². The Morgan fingerprint density at radius 2 is 1.93 bits per heavy atom. The van der Waals surface area contributed by atoms with Crippen molar-refractivity contribution in [1.82, 2.24) is 0 Å². The van der Waals surface area contributed by atoms with Gasteiger partial charge in [0, 0.05) is 30.8 Å². The molecule has 1 aromatic rings. The number of benzene rings is 1. The Balaban J connectivity index is 2.17. The van der Waals surface area contributed by atoms with Gasteiger partial charge in [-0.05, 0) is 12.1 Å². The number of hydrogen-bond donors (Lipinski definition) is 0. The highest BCUT2D eigenvalue weighted by molar-refractivity contribution is 5.87. The summed E-state index contributed by atoms with van der Waals surface area (Å²) in [4.78, 5) is 23.0. The van der Waals surface area contributed by atoms with Crippen molar-refractivity contribution >= 4 is 17.2 Å². The van der Waals surface area contributed by atoms with Crippen LogP contribution in [0, 0.1) is 10.1 Å². The summed E-state index contributed by atoms with van der Waals surface area (Å²) in [6.07, 6.45) is 0.566. The average Bonchev–Trinajstić information content (AvgIpc) is 2.65. The molecule has 0 bridgehead atoms. The fraction of sp³-hybridized carbons (Fsp3) is 0.300. The summed E-state index contributed by atoms with van der Waals surface area (Å²) in [6, 6.07) is 6.27. The molecule has 0 aromatic heterocycles. The molecule has 0 amide bonds. The first-order valence-corrected chi connectivity index (χ1v) is 4.68. The maximum atomic E-state index is 11.1. The van der Waals surface area contributed by atoms with E-state index in [9.17, 15) is 14.9 Å². The first kappa shape index (κ1) is 9.64. The van der Waals surface area contributed by atoms with Crippen molar-refractivity contribution in [2.75, 3.05) is 18.0 Å². The van der Waals surface area contributed by atoms with Crippen LogP contribution in [0.4, 0.5) is 11.4 Å². The number of anilines is 1. The van der Waals surface area contributed by atoms with E-state index in [-0.39, 0.29) is 11.5 Å². The van der Waals surface area contributed by atoms with Crippen LogP contribution < -0.4 is 4.90 Å². The molecule has 0 atom stereocenters. The minimum Gasteiger partial charge on any atom is -0.364 e. The summed E-state index contributed by atoms with van der Waals surface area (Å²) in [5, 5.41) is 10.4. The van der Waals surface area contributed by atoms with Gasteiger partial charge in [-0.1, -0.05) is 0 Å². The van der Waals surface area contributed by atoms with Crippen LogP contribution in [-0.2, 0) is 4.79 Å². The van der Waals surface area contributed by atoms with Gasteiger partial charge in [-0.2, -0.15) is 0 Å². The van der Waals surface area contributed by atoms with E-state index >= 15 is 0 Å². The third kappa shape index (κ3) is 1.96. The van der Waals surface area contributed by atoms with Gasteiger partial charge in [0.2, 0.25) is 0 Å². The lowest BCUT2D eigenvalue weighted by Gasteiger charge is -2.15. The van der Waals surface area contributed by atoms with Gasteiger partial charge in [0.05, 0.1) is 11.5 Å². The Kier molecular flexibility index (Phi) is 2.37. The van der Waals surface area contributed by atoms with Gasteiger partial charge in [0.25, 0.3) is 5.69 Å². The molecule has 1 saturated heterocycles. The summed E-state index contributed by atoms with van der Waals surface area (Å²) < 4.78 is 0. The maximum absolute atomic E-state index is 11.1. The molecule has 2 rings (SSSR count). The van der Waals surface area contributed by atoms with Crippen LogP contribution in [0.3, 0.4) is 0 Å². The first-order valence-electron chi connectivity index (χ1n) is 4.68. The third-order valence-electron chi connectivity index (χ3n) is 2.45. The van der Waals surface area contributed by atoms with Gasteiger partial charge >= 0.3 is 0 Å². The highest BCUT2D eigenvalue weighted by Crippen LogP contribution is 2.21. The van der Waals surface area contributed by atoms with Crippen molar-refractivity contribution in [3.05, 3.63) is 34.4 Å². The zero-order valence-electron chi connectivity index (χ0n) is 8.05. The van der Waals surface area contributed by atoms with Gasteiger partial charge in [-0.15, -0.1) is 0 Å².